The van der Waals surface area contributed by atoms with Gasteiger partial charge in [0.1, 0.15) is 28.4 Å². The number of thioether (sulfide) groups is 1. The van der Waals surface area contributed by atoms with Gasteiger partial charge in [-0.2, -0.15) is 0 Å². The van der Waals surface area contributed by atoms with Crippen LogP contribution in [0.5, 0.6) is 0 Å². The van der Waals surface area contributed by atoms with E-state index in [0.29, 0.717) is 23.4 Å². The van der Waals surface area contributed by atoms with Gasteiger partial charge in [0.15, 0.2) is 16.9 Å². The number of β-lactam (4-membered cyclic amide) rings is 1. The van der Waals surface area contributed by atoms with Crippen LogP contribution in [0.1, 0.15) is 49.4 Å². The summed E-state index contributed by atoms with van der Waals surface area (Å²) in [5, 5.41) is 9.93. The highest BCUT2D eigenvalue weighted by Crippen LogP contribution is 2.42. The maximum absolute atomic E-state index is 14.3. The van der Waals surface area contributed by atoms with Crippen LogP contribution in [0.25, 0.3) is 6.08 Å². The molecule has 282 valence electrons. The Hall–Kier alpha value is -6.13. The number of ether oxygens (including phenoxy) is 2. The zero-order valence-electron chi connectivity index (χ0n) is 29.9. The van der Waals surface area contributed by atoms with Crippen LogP contribution in [-0.2, 0) is 38.3 Å². The number of esters is 2. The van der Waals surface area contributed by atoms with Gasteiger partial charge in [-0.3, -0.25) is 24.3 Å². The topological polar surface area (TPSA) is 178 Å². The summed E-state index contributed by atoms with van der Waals surface area (Å²) in [6.45, 7) is 4.47. The average molecular weight is 781 g/mol. The Bertz CT molecular complexity index is 2100. The first kappa shape index (κ1) is 38.6. The van der Waals surface area contributed by atoms with Crippen LogP contribution < -0.4 is 10.6 Å². The van der Waals surface area contributed by atoms with E-state index in [1.807, 2.05) is 72.8 Å². The lowest BCUT2D eigenvalue weighted by Crippen LogP contribution is -2.71. The average Bonchev–Trinajstić information content (AvgIpc) is 3.64. The van der Waals surface area contributed by atoms with Crippen LogP contribution >= 0.6 is 23.1 Å². The minimum Gasteiger partial charge on any atom is -0.457 e. The zero-order chi connectivity index (χ0) is 39.0. The van der Waals surface area contributed by atoms with Gasteiger partial charge < -0.3 is 24.9 Å². The van der Waals surface area contributed by atoms with Crippen molar-refractivity contribution in [1.82, 2.24) is 20.2 Å². The van der Waals surface area contributed by atoms with Crippen molar-refractivity contribution in [1.29, 1.82) is 0 Å². The molecule has 3 amide bonds. The van der Waals surface area contributed by atoms with Gasteiger partial charge in [-0.1, -0.05) is 78.0 Å². The number of amides is 3. The fourth-order valence-electron chi connectivity index (χ4n) is 5.60. The number of allylic oxidation sites excluding steroid dienone is 1. The molecule has 16 heteroatoms. The molecule has 2 aromatic heterocycles. The molecule has 0 radical (unpaired) electrons. The van der Waals surface area contributed by atoms with E-state index >= 15 is 0 Å². The van der Waals surface area contributed by atoms with Crippen molar-refractivity contribution in [2.24, 2.45) is 5.16 Å². The lowest BCUT2D eigenvalue weighted by atomic mass is 10.00. The van der Waals surface area contributed by atoms with E-state index in [-0.39, 0.29) is 22.2 Å². The highest BCUT2D eigenvalue weighted by atomic mass is 32.2. The molecule has 0 spiro atoms. The van der Waals surface area contributed by atoms with Gasteiger partial charge >= 0.3 is 11.9 Å². The predicted molar refractivity (Wildman–Crippen MR) is 206 cm³/mol. The Balaban J connectivity index is 1.27. The number of hydrogen-bond donors (Lipinski definition) is 2. The maximum atomic E-state index is 14.3. The number of oxime groups is 1. The normalized spacial score (nSPS) is 17.0. The molecule has 55 heavy (non-hydrogen) atoms. The molecule has 4 aromatic rings. The lowest BCUT2D eigenvalue weighted by Gasteiger charge is -2.49. The molecule has 1 saturated heterocycles. The van der Waals surface area contributed by atoms with Crippen molar-refractivity contribution in [3.63, 3.8) is 0 Å². The summed E-state index contributed by atoms with van der Waals surface area (Å²) in [6, 6.07) is 22.9. The molecule has 4 heterocycles. The number of benzene rings is 2. The first-order valence-corrected chi connectivity index (χ1v) is 18.9. The summed E-state index contributed by atoms with van der Waals surface area (Å²) >= 11 is 2.37. The minimum atomic E-state index is -1.08. The third kappa shape index (κ3) is 9.52. The SMILES string of the molecule is CC(C)(C)OC(=O)CON=C(C(=O)NC1C(=O)N2C(C(=O)OC(c3ccccc3)c3ccccc3)=C(C=Cc3ccccn3)CS[C@H]12)c1csc(NC=O)n1. The molecule has 2 aromatic carbocycles. The standard InChI is InChI=1S/C39H36N6O8S2/c1-39(2,3)53-29(47)20-51-44-30(28-22-55-38(42-28)41-23-46)34(48)43-31-35(49)45-32(26(21-54-36(31)45)17-18-27-16-10-11-19-40-27)37(50)52-33(24-12-6-4-7-13-24)25-14-8-5-9-15-25/h4-19,22-23,31,33,36H,20-21H2,1-3H3,(H,43,48)(H,41,42,46)/t31?,36-/m1/s1. The predicted octanol–water partition coefficient (Wildman–Crippen LogP) is 4.87. The van der Waals surface area contributed by atoms with Crippen molar-refractivity contribution in [3.05, 3.63) is 130 Å². The lowest BCUT2D eigenvalue weighted by molar-refractivity contribution is -0.160. The summed E-state index contributed by atoms with van der Waals surface area (Å²) in [4.78, 5) is 80.4. The molecular formula is C39H36N6O8S2. The number of rotatable bonds is 14. The monoisotopic (exact) mass is 780 g/mol. The van der Waals surface area contributed by atoms with Crippen molar-refractivity contribution in [3.8, 4) is 0 Å². The zero-order valence-corrected chi connectivity index (χ0v) is 31.5. The largest absolute Gasteiger partial charge is 0.457 e. The number of aromatic nitrogens is 2. The third-order valence-electron chi connectivity index (χ3n) is 7.95. The summed E-state index contributed by atoms with van der Waals surface area (Å²) in [7, 11) is 0. The van der Waals surface area contributed by atoms with Gasteiger partial charge in [0, 0.05) is 17.3 Å². The Kier molecular flexibility index (Phi) is 12.2. The first-order valence-electron chi connectivity index (χ1n) is 17.0. The van der Waals surface area contributed by atoms with Crippen molar-refractivity contribution in [2.75, 3.05) is 17.7 Å². The summed E-state index contributed by atoms with van der Waals surface area (Å²) in [5.41, 5.74) is 1.60. The molecule has 1 fully saturated rings. The van der Waals surface area contributed by atoms with Crippen molar-refractivity contribution < 1.29 is 38.3 Å². The molecule has 2 aliphatic rings. The highest BCUT2D eigenvalue weighted by molar-refractivity contribution is 8.00. The van der Waals surface area contributed by atoms with Gasteiger partial charge in [-0.05, 0) is 55.7 Å². The molecule has 0 aliphatic carbocycles. The first-order chi connectivity index (χ1) is 26.5. The second-order valence-electron chi connectivity index (χ2n) is 13.0. The van der Waals surface area contributed by atoms with Gasteiger partial charge in [0.25, 0.3) is 11.8 Å². The van der Waals surface area contributed by atoms with Crippen LogP contribution in [0, 0.1) is 0 Å². The second-order valence-corrected chi connectivity index (χ2v) is 15.0. The summed E-state index contributed by atoms with van der Waals surface area (Å²) < 4.78 is 11.5. The van der Waals surface area contributed by atoms with Crippen LogP contribution in [0.2, 0.25) is 0 Å². The fourth-order valence-corrected chi connectivity index (χ4v) is 7.57. The van der Waals surface area contributed by atoms with E-state index in [9.17, 15) is 24.0 Å². The number of fused-ring (bicyclic) bond motifs is 1. The quantitative estimate of drug-likeness (QED) is 0.0587. The van der Waals surface area contributed by atoms with Gasteiger partial charge in [-0.15, -0.1) is 23.1 Å². The molecule has 0 bridgehead atoms. The van der Waals surface area contributed by atoms with E-state index in [1.54, 1.807) is 45.2 Å². The van der Waals surface area contributed by atoms with Gasteiger partial charge in [0.2, 0.25) is 13.0 Å². The molecule has 0 saturated carbocycles. The van der Waals surface area contributed by atoms with Crippen molar-refractivity contribution >= 4 is 70.2 Å². The fraction of sp³-hybridized carbons (Fsp3) is 0.231. The minimum absolute atomic E-state index is 0.0231. The highest BCUT2D eigenvalue weighted by Gasteiger charge is 2.54. The number of pyridine rings is 1. The van der Waals surface area contributed by atoms with Crippen molar-refractivity contribution in [2.45, 2.75) is 43.9 Å². The van der Waals surface area contributed by atoms with Crippen LogP contribution in [0.3, 0.4) is 0 Å². The Morgan fingerprint density at radius 2 is 1.69 bits per heavy atom. The number of nitrogens with one attached hydrogen (secondary N) is 2. The Morgan fingerprint density at radius 1 is 1.00 bits per heavy atom. The number of anilines is 1. The summed E-state index contributed by atoms with van der Waals surface area (Å²) in [5.74, 6) is -2.55. The number of hydrogen-bond acceptors (Lipinski definition) is 13. The van der Waals surface area contributed by atoms with Crippen LogP contribution in [-0.4, -0.2) is 80.1 Å². The Labute approximate surface area is 324 Å². The number of carbonyl (C=O) groups is 5. The number of nitrogens with zero attached hydrogens (tertiary/aromatic N) is 4. The number of thiazole rings is 1. The molecule has 2 aliphatic heterocycles. The third-order valence-corrected chi connectivity index (χ3v) is 10.0. The van der Waals surface area contributed by atoms with Crippen LogP contribution in [0.15, 0.2) is 113 Å². The Morgan fingerprint density at radius 3 is 2.33 bits per heavy atom. The van der Waals surface area contributed by atoms with Crippen LogP contribution in [0.4, 0.5) is 5.13 Å². The molecule has 2 N–H and O–H groups in total. The molecule has 14 nitrogen and oxygen atoms in total. The van der Waals surface area contributed by atoms with E-state index in [2.05, 4.69) is 25.8 Å². The van der Waals surface area contributed by atoms with E-state index in [0.717, 1.165) is 22.5 Å². The molecule has 2 atom stereocenters. The molecular weight excluding hydrogens is 745 g/mol. The maximum Gasteiger partial charge on any atom is 0.356 e. The van der Waals surface area contributed by atoms with Gasteiger partial charge in [0.05, 0.1) is 5.69 Å². The molecule has 6 rings (SSSR count). The number of carbonyl (C=O) groups excluding carboxylic acids is 5. The second kappa shape index (κ2) is 17.3. The summed E-state index contributed by atoms with van der Waals surface area (Å²) in [6.07, 6.45) is 4.79. The van der Waals surface area contributed by atoms with E-state index < -0.39 is 53.5 Å². The smallest absolute Gasteiger partial charge is 0.356 e. The van der Waals surface area contributed by atoms with E-state index in [4.69, 9.17) is 14.3 Å². The van der Waals surface area contributed by atoms with Gasteiger partial charge in [-0.25, -0.2) is 14.6 Å². The van der Waals surface area contributed by atoms with E-state index in [1.165, 1.54) is 22.0 Å². The molecule has 1 unspecified atom stereocenters.